The van der Waals surface area contributed by atoms with Gasteiger partial charge in [0.2, 0.25) is 0 Å². The predicted octanol–water partition coefficient (Wildman–Crippen LogP) is 3.60. The maximum Gasteiger partial charge on any atom is 0.131 e. The van der Waals surface area contributed by atoms with Gasteiger partial charge in [0.05, 0.1) is 18.2 Å². The minimum Gasteiger partial charge on any atom is -0.375 e. The van der Waals surface area contributed by atoms with Gasteiger partial charge in [-0.3, -0.25) is 14.7 Å². The van der Waals surface area contributed by atoms with E-state index in [1.807, 2.05) is 12.4 Å². The fourth-order valence-corrected chi connectivity index (χ4v) is 5.04. The van der Waals surface area contributed by atoms with Crippen LogP contribution in [0.4, 0.5) is 0 Å². The van der Waals surface area contributed by atoms with Crippen LogP contribution in [0.15, 0.2) is 54.9 Å². The van der Waals surface area contributed by atoms with E-state index in [4.69, 9.17) is 14.3 Å². The molecule has 3 fully saturated rings. The molecule has 3 atom stereocenters. The molecular formula is C25H33N3O3. The standard InChI is InChI=1S/C25H33N3O3/c1-2-6-21(7-3-1)22-19-27(18-20-10-12-26-13-11-20)14-15-28(22)31-25(23-8-4-16-29-23)24-9-5-17-30-24/h1-3,6-7,10-13,22-25H,4-5,8-9,14-19H2. The second-order valence-corrected chi connectivity index (χ2v) is 8.83. The Kier molecular flexibility index (Phi) is 6.92. The molecule has 5 rings (SSSR count). The number of pyridine rings is 1. The summed E-state index contributed by atoms with van der Waals surface area (Å²) in [6.45, 7) is 5.35. The molecule has 3 aliphatic heterocycles. The quantitative estimate of drug-likeness (QED) is 0.678. The molecule has 1 aromatic heterocycles. The highest BCUT2D eigenvalue weighted by Gasteiger charge is 2.40. The lowest BCUT2D eigenvalue weighted by atomic mass is 10.0. The van der Waals surface area contributed by atoms with Crippen LogP contribution in [0.3, 0.4) is 0 Å². The number of nitrogens with zero attached hydrogens (tertiary/aromatic N) is 3. The van der Waals surface area contributed by atoms with Crippen molar-refractivity contribution < 1.29 is 14.3 Å². The number of benzene rings is 1. The smallest absolute Gasteiger partial charge is 0.131 e. The molecule has 0 aliphatic carbocycles. The van der Waals surface area contributed by atoms with E-state index in [0.717, 1.165) is 65.1 Å². The average Bonchev–Trinajstić information content (AvgIpc) is 3.54. The summed E-state index contributed by atoms with van der Waals surface area (Å²) in [5.41, 5.74) is 2.59. The van der Waals surface area contributed by atoms with Crippen molar-refractivity contribution in [3.8, 4) is 0 Å². The summed E-state index contributed by atoms with van der Waals surface area (Å²) in [4.78, 5) is 13.4. The van der Waals surface area contributed by atoms with Gasteiger partial charge >= 0.3 is 0 Å². The van der Waals surface area contributed by atoms with E-state index in [-0.39, 0.29) is 24.4 Å². The van der Waals surface area contributed by atoms with Crippen LogP contribution >= 0.6 is 0 Å². The number of hydroxylamine groups is 2. The molecule has 3 saturated heterocycles. The highest BCUT2D eigenvalue weighted by Crippen LogP contribution is 2.32. The van der Waals surface area contributed by atoms with Crippen molar-refractivity contribution in [1.29, 1.82) is 0 Å². The molecule has 2 aromatic rings. The first-order valence-electron chi connectivity index (χ1n) is 11.7. The van der Waals surface area contributed by atoms with Crippen LogP contribution in [0, 0.1) is 0 Å². The first-order chi connectivity index (χ1) is 15.4. The zero-order chi connectivity index (χ0) is 20.9. The fourth-order valence-electron chi connectivity index (χ4n) is 5.04. The van der Waals surface area contributed by atoms with Gasteiger partial charge in [-0.25, -0.2) is 0 Å². The number of aromatic nitrogens is 1. The van der Waals surface area contributed by atoms with Gasteiger partial charge in [-0.05, 0) is 48.9 Å². The van der Waals surface area contributed by atoms with Crippen molar-refractivity contribution >= 4 is 0 Å². The molecule has 3 aliphatic rings. The largest absolute Gasteiger partial charge is 0.375 e. The van der Waals surface area contributed by atoms with E-state index in [0.29, 0.717) is 0 Å². The lowest BCUT2D eigenvalue weighted by molar-refractivity contribution is -0.278. The third-order valence-corrected chi connectivity index (χ3v) is 6.68. The van der Waals surface area contributed by atoms with Crippen molar-refractivity contribution in [3.05, 3.63) is 66.0 Å². The Morgan fingerprint density at radius 1 is 0.935 bits per heavy atom. The molecule has 3 unspecified atom stereocenters. The Hall–Kier alpha value is -1.83. The number of hydrogen-bond acceptors (Lipinski definition) is 6. The van der Waals surface area contributed by atoms with Gasteiger partial charge in [0, 0.05) is 51.8 Å². The predicted molar refractivity (Wildman–Crippen MR) is 118 cm³/mol. The van der Waals surface area contributed by atoms with Crippen molar-refractivity contribution in [2.75, 3.05) is 32.8 Å². The molecule has 0 spiro atoms. The minimum absolute atomic E-state index is 0.0250. The molecule has 0 bridgehead atoms. The third kappa shape index (κ3) is 5.16. The zero-order valence-corrected chi connectivity index (χ0v) is 18.1. The Bertz CT molecular complexity index is 778. The minimum atomic E-state index is -0.0250. The molecule has 0 N–H and O–H groups in total. The van der Waals surface area contributed by atoms with Gasteiger partial charge in [0.25, 0.3) is 0 Å². The summed E-state index contributed by atoms with van der Waals surface area (Å²) >= 11 is 0. The van der Waals surface area contributed by atoms with Crippen molar-refractivity contribution in [3.63, 3.8) is 0 Å². The molecule has 6 heteroatoms. The zero-order valence-electron chi connectivity index (χ0n) is 18.1. The van der Waals surface area contributed by atoms with Crippen molar-refractivity contribution in [2.24, 2.45) is 0 Å². The normalized spacial score (nSPS) is 28.7. The van der Waals surface area contributed by atoms with E-state index in [2.05, 4.69) is 57.4 Å². The van der Waals surface area contributed by atoms with E-state index in [1.165, 1.54) is 11.1 Å². The third-order valence-electron chi connectivity index (χ3n) is 6.68. The van der Waals surface area contributed by atoms with Crippen LogP contribution in [0.2, 0.25) is 0 Å². The van der Waals surface area contributed by atoms with E-state index in [9.17, 15) is 0 Å². The second kappa shape index (κ2) is 10.2. The highest BCUT2D eigenvalue weighted by molar-refractivity contribution is 5.20. The second-order valence-electron chi connectivity index (χ2n) is 8.83. The molecule has 4 heterocycles. The van der Waals surface area contributed by atoms with Gasteiger partial charge < -0.3 is 9.47 Å². The van der Waals surface area contributed by atoms with Gasteiger partial charge in [-0.15, -0.1) is 0 Å². The van der Waals surface area contributed by atoms with E-state index >= 15 is 0 Å². The summed E-state index contributed by atoms with van der Waals surface area (Å²) < 4.78 is 12.1. The first-order valence-corrected chi connectivity index (χ1v) is 11.7. The lowest BCUT2D eigenvalue weighted by Crippen LogP contribution is -2.52. The van der Waals surface area contributed by atoms with Gasteiger partial charge in [-0.1, -0.05) is 30.3 Å². The number of piperazine rings is 1. The maximum atomic E-state index is 6.77. The van der Waals surface area contributed by atoms with Crippen LogP contribution < -0.4 is 0 Å². The van der Waals surface area contributed by atoms with Gasteiger partial charge in [-0.2, -0.15) is 5.06 Å². The van der Waals surface area contributed by atoms with Crippen LogP contribution in [-0.4, -0.2) is 66.1 Å². The molecule has 166 valence electrons. The summed E-state index contributed by atoms with van der Waals surface area (Å²) in [5.74, 6) is 0. The van der Waals surface area contributed by atoms with E-state index in [1.54, 1.807) is 0 Å². The summed E-state index contributed by atoms with van der Waals surface area (Å²) in [6, 6.07) is 15.1. The SMILES string of the molecule is c1ccc(C2CN(Cc3ccncc3)CCN2OC(C2CCCO2)C2CCCO2)cc1. The lowest BCUT2D eigenvalue weighted by Gasteiger charge is -2.43. The Balaban J connectivity index is 1.33. The molecule has 1 aromatic carbocycles. The molecule has 0 radical (unpaired) electrons. The van der Waals surface area contributed by atoms with Crippen LogP contribution in [-0.2, 0) is 20.9 Å². The summed E-state index contributed by atoms with van der Waals surface area (Å²) in [6.07, 6.45) is 8.32. The van der Waals surface area contributed by atoms with Crippen molar-refractivity contribution in [1.82, 2.24) is 14.9 Å². The average molecular weight is 424 g/mol. The molecule has 0 saturated carbocycles. The van der Waals surface area contributed by atoms with Gasteiger partial charge in [0.1, 0.15) is 6.10 Å². The maximum absolute atomic E-state index is 6.77. The van der Waals surface area contributed by atoms with Crippen molar-refractivity contribution in [2.45, 2.75) is 56.6 Å². The van der Waals surface area contributed by atoms with Gasteiger partial charge in [0.15, 0.2) is 0 Å². The topological polar surface area (TPSA) is 47.1 Å². The number of rotatable bonds is 7. The Labute approximate surface area is 185 Å². The molecule has 6 nitrogen and oxygen atoms in total. The number of ether oxygens (including phenoxy) is 2. The van der Waals surface area contributed by atoms with E-state index < -0.39 is 0 Å². The summed E-state index contributed by atoms with van der Waals surface area (Å²) in [7, 11) is 0. The van der Waals surface area contributed by atoms with Crippen LogP contribution in [0.1, 0.15) is 42.9 Å². The molecule has 31 heavy (non-hydrogen) atoms. The monoisotopic (exact) mass is 423 g/mol. The Morgan fingerprint density at radius 2 is 1.65 bits per heavy atom. The first kappa shape index (κ1) is 21.0. The van der Waals surface area contributed by atoms with Crippen LogP contribution in [0.25, 0.3) is 0 Å². The van der Waals surface area contributed by atoms with Crippen LogP contribution in [0.5, 0.6) is 0 Å². The summed E-state index contributed by atoms with van der Waals surface area (Å²) in [5, 5.41) is 2.21. The fraction of sp³-hybridized carbons (Fsp3) is 0.560. The number of hydrogen-bond donors (Lipinski definition) is 0. The highest BCUT2D eigenvalue weighted by atomic mass is 16.7. The molecular weight excluding hydrogens is 390 g/mol. The Morgan fingerprint density at radius 3 is 2.29 bits per heavy atom. The molecule has 0 amide bonds.